The molecular weight excluding hydrogens is 256 g/mol. The zero-order valence-corrected chi connectivity index (χ0v) is 11.6. The van der Waals surface area contributed by atoms with Crippen molar-refractivity contribution in [2.75, 3.05) is 10.7 Å². The van der Waals surface area contributed by atoms with Gasteiger partial charge in [0, 0.05) is 24.0 Å². The highest BCUT2D eigenvalue weighted by atomic mass is 16.1. The number of hydrogen-bond donors (Lipinski definition) is 3. The SMILES string of the molecule is CCc1cc(C(=O)Nc2cnn(CC)c2)cc(NN)n1. The van der Waals surface area contributed by atoms with Crippen LogP contribution in [-0.4, -0.2) is 20.7 Å². The van der Waals surface area contributed by atoms with Gasteiger partial charge in [-0.25, -0.2) is 10.8 Å². The van der Waals surface area contributed by atoms with Crippen LogP contribution in [0.1, 0.15) is 29.9 Å². The van der Waals surface area contributed by atoms with Crippen LogP contribution in [0.3, 0.4) is 0 Å². The van der Waals surface area contributed by atoms with Gasteiger partial charge < -0.3 is 10.7 Å². The van der Waals surface area contributed by atoms with Gasteiger partial charge in [-0.15, -0.1) is 0 Å². The zero-order chi connectivity index (χ0) is 14.5. The first-order chi connectivity index (χ1) is 9.66. The van der Waals surface area contributed by atoms with Crippen molar-refractivity contribution < 1.29 is 4.79 Å². The van der Waals surface area contributed by atoms with E-state index in [4.69, 9.17) is 5.84 Å². The average molecular weight is 274 g/mol. The maximum Gasteiger partial charge on any atom is 0.255 e. The van der Waals surface area contributed by atoms with Crippen molar-refractivity contribution in [3.63, 3.8) is 0 Å². The Hall–Kier alpha value is -2.41. The van der Waals surface area contributed by atoms with Gasteiger partial charge in [0.2, 0.25) is 0 Å². The number of anilines is 2. The lowest BCUT2D eigenvalue weighted by molar-refractivity contribution is 0.102. The molecule has 20 heavy (non-hydrogen) atoms. The van der Waals surface area contributed by atoms with Crippen molar-refractivity contribution in [2.24, 2.45) is 5.84 Å². The highest BCUT2D eigenvalue weighted by Crippen LogP contribution is 2.13. The largest absolute Gasteiger partial charge is 0.319 e. The predicted octanol–water partition coefficient (Wildman–Crippen LogP) is 1.40. The fourth-order valence-corrected chi connectivity index (χ4v) is 1.78. The number of nitrogen functional groups attached to an aromatic ring is 1. The van der Waals surface area contributed by atoms with Crippen molar-refractivity contribution in [1.82, 2.24) is 14.8 Å². The minimum atomic E-state index is -0.214. The van der Waals surface area contributed by atoms with E-state index < -0.39 is 0 Å². The third-order valence-electron chi connectivity index (χ3n) is 2.87. The number of nitrogens with two attached hydrogens (primary N) is 1. The quantitative estimate of drug-likeness (QED) is 0.565. The molecule has 0 saturated heterocycles. The third-order valence-corrected chi connectivity index (χ3v) is 2.87. The van der Waals surface area contributed by atoms with Gasteiger partial charge in [0.15, 0.2) is 0 Å². The number of aryl methyl sites for hydroxylation is 2. The van der Waals surface area contributed by atoms with Gasteiger partial charge in [-0.2, -0.15) is 5.10 Å². The van der Waals surface area contributed by atoms with Gasteiger partial charge in [0.05, 0.1) is 11.9 Å². The monoisotopic (exact) mass is 274 g/mol. The fraction of sp³-hybridized carbons (Fsp3) is 0.308. The summed E-state index contributed by atoms with van der Waals surface area (Å²) in [6.07, 6.45) is 4.12. The van der Waals surface area contributed by atoms with Gasteiger partial charge in [-0.05, 0) is 25.5 Å². The van der Waals surface area contributed by atoms with Crippen molar-refractivity contribution in [3.8, 4) is 0 Å². The van der Waals surface area contributed by atoms with E-state index in [0.717, 1.165) is 18.7 Å². The molecule has 2 aromatic heterocycles. The van der Waals surface area contributed by atoms with E-state index >= 15 is 0 Å². The summed E-state index contributed by atoms with van der Waals surface area (Å²) in [5, 5.41) is 6.90. The van der Waals surface area contributed by atoms with Gasteiger partial charge in [0.1, 0.15) is 5.82 Å². The standard InChI is InChI=1S/C13H18N6O/c1-3-10-5-9(6-12(16-10)18-14)13(20)17-11-7-15-19(4-2)8-11/h5-8H,3-4,14H2,1-2H3,(H,16,18)(H,17,20). The zero-order valence-electron chi connectivity index (χ0n) is 11.6. The Morgan fingerprint density at radius 3 is 2.80 bits per heavy atom. The first-order valence-electron chi connectivity index (χ1n) is 6.47. The highest BCUT2D eigenvalue weighted by molar-refractivity contribution is 6.04. The summed E-state index contributed by atoms with van der Waals surface area (Å²) in [5.41, 5.74) is 4.44. The summed E-state index contributed by atoms with van der Waals surface area (Å²) in [4.78, 5) is 16.4. The van der Waals surface area contributed by atoms with Crippen LogP contribution in [0.15, 0.2) is 24.5 Å². The van der Waals surface area contributed by atoms with Gasteiger partial charge in [-0.3, -0.25) is 9.48 Å². The number of hydrazine groups is 1. The Morgan fingerprint density at radius 1 is 1.40 bits per heavy atom. The molecule has 2 rings (SSSR count). The molecule has 0 radical (unpaired) electrons. The smallest absolute Gasteiger partial charge is 0.255 e. The summed E-state index contributed by atoms with van der Waals surface area (Å²) in [7, 11) is 0. The molecule has 106 valence electrons. The number of pyridine rings is 1. The minimum absolute atomic E-state index is 0.214. The second kappa shape index (κ2) is 6.16. The lowest BCUT2D eigenvalue weighted by Crippen LogP contribution is -2.15. The predicted molar refractivity (Wildman–Crippen MR) is 77.3 cm³/mol. The number of carbonyl (C=O) groups excluding carboxylic acids is 1. The van der Waals surface area contributed by atoms with Crippen molar-refractivity contribution >= 4 is 17.4 Å². The number of nitrogens with one attached hydrogen (secondary N) is 2. The van der Waals surface area contributed by atoms with Crippen molar-refractivity contribution in [1.29, 1.82) is 0 Å². The lowest BCUT2D eigenvalue weighted by atomic mass is 10.2. The molecule has 1 amide bonds. The van der Waals surface area contributed by atoms with Crippen molar-refractivity contribution in [2.45, 2.75) is 26.8 Å². The topological polar surface area (TPSA) is 97.9 Å². The highest BCUT2D eigenvalue weighted by Gasteiger charge is 2.10. The first kappa shape index (κ1) is 14.0. The molecule has 0 bridgehead atoms. The average Bonchev–Trinajstić information content (AvgIpc) is 2.94. The van der Waals surface area contributed by atoms with Crippen LogP contribution >= 0.6 is 0 Å². The summed E-state index contributed by atoms with van der Waals surface area (Å²) in [5.74, 6) is 5.62. The molecule has 0 saturated carbocycles. The van der Waals surface area contributed by atoms with E-state index in [2.05, 4.69) is 20.8 Å². The van der Waals surface area contributed by atoms with Crippen LogP contribution in [0, 0.1) is 0 Å². The number of aromatic nitrogens is 3. The van der Waals surface area contributed by atoms with Gasteiger partial charge >= 0.3 is 0 Å². The van der Waals surface area contributed by atoms with E-state index in [1.165, 1.54) is 0 Å². The molecule has 2 heterocycles. The molecular formula is C13H18N6O. The van der Waals surface area contributed by atoms with Crippen LogP contribution < -0.4 is 16.6 Å². The Morgan fingerprint density at radius 2 is 2.20 bits per heavy atom. The summed E-state index contributed by atoms with van der Waals surface area (Å²) < 4.78 is 1.74. The van der Waals surface area contributed by atoms with E-state index in [1.807, 2.05) is 13.8 Å². The molecule has 0 unspecified atom stereocenters. The van der Waals surface area contributed by atoms with Crippen molar-refractivity contribution in [3.05, 3.63) is 35.8 Å². The number of nitrogens with zero attached hydrogens (tertiary/aromatic N) is 3. The molecule has 0 aromatic carbocycles. The number of rotatable bonds is 5. The molecule has 2 aromatic rings. The van der Waals surface area contributed by atoms with E-state index in [1.54, 1.807) is 29.2 Å². The molecule has 7 heteroatoms. The minimum Gasteiger partial charge on any atom is -0.319 e. The third kappa shape index (κ3) is 3.12. The van der Waals surface area contributed by atoms with E-state index in [9.17, 15) is 4.79 Å². The van der Waals surface area contributed by atoms with E-state index in [0.29, 0.717) is 17.1 Å². The molecule has 0 aliphatic carbocycles. The molecule has 4 N–H and O–H groups in total. The Kier molecular flexibility index (Phi) is 4.31. The second-order valence-electron chi connectivity index (χ2n) is 4.27. The fourth-order valence-electron chi connectivity index (χ4n) is 1.78. The number of carbonyl (C=O) groups is 1. The molecule has 7 nitrogen and oxygen atoms in total. The van der Waals surface area contributed by atoms with Crippen LogP contribution in [0.25, 0.3) is 0 Å². The summed E-state index contributed by atoms with van der Waals surface area (Å²) >= 11 is 0. The van der Waals surface area contributed by atoms with E-state index in [-0.39, 0.29) is 5.91 Å². The maximum absolute atomic E-state index is 12.2. The number of amides is 1. The maximum atomic E-state index is 12.2. The first-order valence-corrected chi connectivity index (χ1v) is 6.47. The van der Waals surface area contributed by atoms with Crippen LogP contribution in [0.5, 0.6) is 0 Å². The summed E-state index contributed by atoms with van der Waals surface area (Å²) in [6.45, 7) is 4.70. The lowest BCUT2D eigenvalue weighted by Gasteiger charge is -2.07. The summed E-state index contributed by atoms with van der Waals surface area (Å²) in [6, 6.07) is 3.36. The molecule has 0 aliphatic rings. The Balaban J connectivity index is 2.19. The Bertz CT molecular complexity index is 584. The second-order valence-corrected chi connectivity index (χ2v) is 4.27. The number of hydrogen-bond acceptors (Lipinski definition) is 5. The molecule has 0 spiro atoms. The Labute approximate surface area is 117 Å². The molecule has 0 fully saturated rings. The van der Waals surface area contributed by atoms with Gasteiger partial charge in [0.25, 0.3) is 5.91 Å². The van der Waals surface area contributed by atoms with Gasteiger partial charge in [-0.1, -0.05) is 6.92 Å². The van der Waals surface area contributed by atoms with Crippen LogP contribution in [-0.2, 0) is 13.0 Å². The molecule has 0 aliphatic heterocycles. The van der Waals surface area contributed by atoms with Crippen LogP contribution in [0.2, 0.25) is 0 Å². The normalized spacial score (nSPS) is 10.3. The molecule has 0 atom stereocenters. The van der Waals surface area contributed by atoms with Crippen LogP contribution in [0.4, 0.5) is 11.5 Å².